The molecule has 6 heteroatoms. The molecule has 1 fully saturated rings. The summed E-state index contributed by atoms with van der Waals surface area (Å²) in [5.74, 6) is -3.61. The molecule has 0 radical (unpaired) electrons. The van der Waals surface area contributed by atoms with Crippen molar-refractivity contribution in [3.63, 3.8) is 0 Å². The van der Waals surface area contributed by atoms with Crippen LogP contribution in [0.1, 0.15) is 41.6 Å². The lowest BCUT2D eigenvalue weighted by molar-refractivity contribution is -0.147. The molecule has 6 nitrogen and oxygen atoms in total. The quantitative estimate of drug-likeness (QED) is 0.793. The first-order chi connectivity index (χ1) is 10.4. The summed E-state index contributed by atoms with van der Waals surface area (Å²) in [6.45, 7) is 1.76. The summed E-state index contributed by atoms with van der Waals surface area (Å²) >= 11 is 0. The number of carboxylic acids is 2. The third-order valence-electron chi connectivity index (χ3n) is 4.16. The van der Waals surface area contributed by atoms with Crippen LogP contribution in [0.5, 0.6) is 0 Å². The molecule has 0 spiro atoms. The number of benzene rings is 1. The standard InChI is InChI=1S/C16H19NO5/c1-9-6-7-10(15(19)20)8-13(9)17-14(18)11-4-2-3-5-12(11)16(21)22/h6-8,11-12H,2-5H2,1H3,(H,17,18)(H,19,20)(H,21,22)/t11-,12-/m1/s1. The van der Waals surface area contributed by atoms with Crippen LogP contribution < -0.4 is 5.32 Å². The summed E-state index contributed by atoms with van der Waals surface area (Å²) in [5.41, 5.74) is 1.24. The summed E-state index contributed by atoms with van der Waals surface area (Å²) in [5, 5.41) is 20.9. The first-order valence-electron chi connectivity index (χ1n) is 7.27. The van der Waals surface area contributed by atoms with Crippen molar-refractivity contribution >= 4 is 23.5 Å². The molecular formula is C16H19NO5. The summed E-state index contributed by atoms with van der Waals surface area (Å²) in [6.07, 6.45) is 2.69. The van der Waals surface area contributed by atoms with Crippen LogP contribution >= 0.6 is 0 Å². The Hall–Kier alpha value is -2.37. The number of nitrogens with one attached hydrogen (secondary N) is 1. The lowest BCUT2D eigenvalue weighted by atomic mass is 9.78. The minimum Gasteiger partial charge on any atom is -0.481 e. The molecule has 22 heavy (non-hydrogen) atoms. The second kappa shape index (κ2) is 6.60. The van der Waals surface area contributed by atoms with Gasteiger partial charge in [0.2, 0.25) is 5.91 Å². The van der Waals surface area contributed by atoms with E-state index in [2.05, 4.69) is 5.32 Å². The number of rotatable bonds is 4. The Morgan fingerprint density at radius 1 is 1.09 bits per heavy atom. The number of amides is 1. The molecule has 1 aliphatic rings. The van der Waals surface area contributed by atoms with Gasteiger partial charge in [0.1, 0.15) is 0 Å². The molecule has 2 atom stereocenters. The highest BCUT2D eigenvalue weighted by molar-refractivity contribution is 5.97. The Labute approximate surface area is 128 Å². The van der Waals surface area contributed by atoms with Crippen LogP contribution in [0.3, 0.4) is 0 Å². The molecule has 0 heterocycles. The number of aromatic carboxylic acids is 1. The Balaban J connectivity index is 2.19. The van der Waals surface area contributed by atoms with E-state index in [1.54, 1.807) is 13.0 Å². The van der Waals surface area contributed by atoms with Crippen molar-refractivity contribution in [3.05, 3.63) is 29.3 Å². The predicted molar refractivity (Wildman–Crippen MR) is 79.9 cm³/mol. The van der Waals surface area contributed by atoms with Crippen LogP contribution in [0, 0.1) is 18.8 Å². The van der Waals surface area contributed by atoms with E-state index in [0.717, 1.165) is 18.4 Å². The maximum Gasteiger partial charge on any atom is 0.335 e. The SMILES string of the molecule is Cc1ccc(C(=O)O)cc1NC(=O)[C@@H]1CCCC[C@H]1C(=O)O. The molecule has 2 rings (SSSR count). The fourth-order valence-electron chi connectivity index (χ4n) is 2.86. The van der Waals surface area contributed by atoms with Gasteiger partial charge < -0.3 is 15.5 Å². The van der Waals surface area contributed by atoms with Crippen LogP contribution in [-0.2, 0) is 9.59 Å². The van der Waals surface area contributed by atoms with E-state index in [-0.39, 0.29) is 11.5 Å². The van der Waals surface area contributed by atoms with Crippen LogP contribution in [0.25, 0.3) is 0 Å². The number of carbonyl (C=O) groups excluding carboxylic acids is 1. The van der Waals surface area contributed by atoms with Gasteiger partial charge in [0.15, 0.2) is 0 Å². The Morgan fingerprint density at radius 3 is 2.32 bits per heavy atom. The zero-order chi connectivity index (χ0) is 16.3. The molecule has 0 unspecified atom stereocenters. The van der Waals surface area contributed by atoms with Gasteiger partial charge in [-0.05, 0) is 37.5 Å². The van der Waals surface area contributed by atoms with Crippen LogP contribution in [0.2, 0.25) is 0 Å². The molecule has 0 aromatic heterocycles. The van der Waals surface area contributed by atoms with Crippen molar-refractivity contribution in [1.82, 2.24) is 0 Å². The van der Waals surface area contributed by atoms with Crippen molar-refractivity contribution in [3.8, 4) is 0 Å². The Bertz CT molecular complexity index is 611. The van der Waals surface area contributed by atoms with Gasteiger partial charge in [0.05, 0.1) is 17.4 Å². The van der Waals surface area contributed by atoms with Gasteiger partial charge in [0.25, 0.3) is 0 Å². The van der Waals surface area contributed by atoms with Gasteiger partial charge in [-0.3, -0.25) is 9.59 Å². The number of anilines is 1. The van der Waals surface area contributed by atoms with Crippen LogP contribution in [-0.4, -0.2) is 28.1 Å². The summed E-state index contributed by atoms with van der Waals surface area (Å²) < 4.78 is 0. The van der Waals surface area contributed by atoms with Crippen molar-refractivity contribution in [1.29, 1.82) is 0 Å². The highest BCUT2D eigenvalue weighted by Crippen LogP contribution is 2.31. The Morgan fingerprint density at radius 2 is 1.73 bits per heavy atom. The summed E-state index contributed by atoms with van der Waals surface area (Å²) in [7, 11) is 0. The van der Waals surface area contributed by atoms with Gasteiger partial charge in [-0.15, -0.1) is 0 Å². The molecule has 1 amide bonds. The molecule has 0 aliphatic heterocycles. The van der Waals surface area contributed by atoms with Crippen molar-refractivity contribution < 1.29 is 24.6 Å². The van der Waals surface area contributed by atoms with E-state index in [1.807, 2.05) is 0 Å². The highest BCUT2D eigenvalue weighted by Gasteiger charge is 2.35. The maximum absolute atomic E-state index is 12.4. The number of aliphatic carboxylic acids is 1. The van der Waals surface area contributed by atoms with Crippen molar-refractivity contribution in [2.24, 2.45) is 11.8 Å². The van der Waals surface area contributed by atoms with E-state index in [0.29, 0.717) is 18.5 Å². The zero-order valence-electron chi connectivity index (χ0n) is 12.3. The molecular weight excluding hydrogens is 286 g/mol. The molecule has 3 N–H and O–H groups in total. The third kappa shape index (κ3) is 3.44. The monoisotopic (exact) mass is 305 g/mol. The van der Waals surface area contributed by atoms with Gasteiger partial charge in [-0.1, -0.05) is 18.9 Å². The lowest BCUT2D eigenvalue weighted by Gasteiger charge is -2.27. The second-order valence-electron chi connectivity index (χ2n) is 5.66. The van der Waals surface area contributed by atoms with Gasteiger partial charge >= 0.3 is 11.9 Å². The third-order valence-corrected chi connectivity index (χ3v) is 4.16. The van der Waals surface area contributed by atoms with Gasteiger partial charge in [-0.25, -0.2) is 4.79 Å². The number of hydrogen-bond acceptors (Lipinski definition) is 3. The van der Waals surface area contributed by atoms with Gasteiger partial charge in [-0.2, -0.15) is 0 Å². The zero-order valence-corrected chi connectivity index (χ0v) is 12.3. The highest BCUT2D eigenvalue weighted by atomic mass is 16.4. The molecule has 1 saturated carbocycles. The minimum absolute atomic E-state index is 0.0827. The molecule has 1 aliphatic carbocycles. The molecule has 1 aromatic carbocycles. The number of carboxylic acid groups (broad SMARTS) is 2. The molecule has 118 valence electrons. The predicted octanol–water partition coefficient (Wildman–Crippen LogP) is 2.52. The number of hydrogen-bond donors (Lipinski definition) is 3. The first-order valence-corrected chi connectivity index (χ1v) is 7.27. The summed E-state index contributed by atoms with van der Waals surface area (Å²) in [4.78, 5) is 34.7. The molecule has 0 saturated heterocycles. The Kier molecular flexibility index (Phi) is 4.80. The van der Waals surface area contributed by atoms with Crippen molar-refractivity contribution in [2.45, 2.75) is 32.6 Å². The van der Waals surface area contributed by atoms with Gasteiger partial charge in [0, 0.05) is 5.69 Å². The minimum atomic E-state index is -1.07. The fourth-order valence-corrected chi connectivity index (χ4v) is 2.86. The van der Waals surface area contributed by atoms with Crippen molar-refractivity contribution in [2.75, 3.05) is 5.32 Å². The average Bonchev–Trinajstić information content (AvgIpc) is 2.49. The largest absolute Gasteiger partial charge is 0.481 e. The average molecular weight is 305 g/mol. The molecule has 0 bridgehead atoms. The maximum atomic E-state index is 12.4. The lowest BCUT2D eigenvalue weighted by Crippen LogP contribution is -2.36. The summed E-state index contributed by atoms with van der Waals surface area (Å²) in [6, 6.07) is 4.48. The van der Waals surface area contributed by atoms with E-state index < -0.39 is 23.8 Å². The first kappa shape index (κ1) is 16.0. The normalized spacial score (nSPS) is 21.1. The smallest absolute Gasteiger partial charge is 0.335 e. The fraction of sp³-hybridized carbons (Fsp3) is 0.438. The number of carbonyl (C=O) groups is 3. The van der Waals surface area contributed by atoms with Crippen LogP contribution in [0.15, 0.2) is 18.2 Å². The second-order valence-corrected chi connectivity index (χ2v) is 5.66. The number of aryl methyl sites for hydroxylation is 1. The van der Waals surface area contributed by atoms with E-state index in [9.17, 15) is 19.5 Å². The van der Waals surface area contributed by atoms with E-state index in [1.165, 1.54) is 12.1 Å². The van der Waals surface area contributed by atoms with E-state index >= 15 is 0 Å². The molecule has 1 aromatic rings. The topological polar surface area (TPSA) is 104 Å². The van der Waals surface area contributed by atoms with Crippen LogP contribution in [0.4, 0.5) is 5.69 Å². The van der Waals surface area contributed by atoms with E-state index in [4.69, 9.17) is 5.11 Å².